The third-order valence-corrected chi connectivity index (χ3v) is 3.65. The molecule has 2 atom stereocenters. The molecule has 1 aromatic carbocycles. The molecular formula is C14H20FNO. The minimum Gasteiger partial charge on any atom is -0.393 e. The van der Waals surface area contributed by atoms with Crippen LogP contribution in [-0.2, 0) is 6.54 Å². The molecule has 2 unspecified atom stereocenters. The van der Waals surface area contributed by atoms with Gasteiger partial charge in [0.05, 0.1) is 6.10 Å². The van der Waals surface area contributed by atoms with Gasteiger partial charge in [-0.25, -0.2) is 4.39 Å². The molecule has 0 aliphatic heterocycles. The van der Waals surface area contributed by atoms with E-state index in [1.165, 1.54) is 6.07 Å². The fourth-order valence-electron chi connectivity index (χ4n) is 2.51. The summed E-state index contributed by atoms with van der Waals surface area (Å²) in [6.07, 6.45) is 3.03. The van der Waals surface area contributed by atoms with Crippen LogP contribution in [0.2, 0.25) is 0 Å². The SMILES string of the molecule is Cc1cc(F)ccc1CNCC1CCCC1O. The summed E-state index contributed by atoms with van der Waals surface area (Å²) in [5.74, 6) is 0.202. The molecule has 2 nitrogen and oxygen atoms in total. The Balaban J connectivity index is 1.81. The van der Waals surface area contributed by atoms with Crippen LogP contribution in [0.1, 0.15) is 30.4 Å². The molecule has 1 aliphatic carbocycles. The molecule has 0 amide bonds. The average molecular weight is 237 g/mol. The van der Waals surface area contributed by atoms with Crippen molar-refractivity contribution in [3.63, 3.8) is 0 Å². The fraction of sp³-hybridized carbons (Fsp3) is 0.571. The molecule has 1 fully saturated rings. The topological polar surface area (TPSA) is 32.3 Å². The number of aliphatic hydroxyl groups excluding tert-OH is 1. The molecule has 0 heterocycles. The number of halogens is 1. The number of aryl methyl sites for hydroxylation is 1. The van der Waals surface area contributed by atoms with Crippen LogP contribution in [0, 0.1) is 18.7 Å². The van der Waals surface area contributed by atoms with Crippen LogP contribution >= 0.6 is 0 Å². The number of benzene rings is 1. The van der Waals surface area contributed by atoms with E-state index in [-0.39, 0.29) is 11.9 Å². The van der Waals surface area contributed by atoms with E-state index in [9.17, 15) is 9.50 Å². The van der Waals surface area contributed by atoms with E-state index in [0.717, 1.165) is 43.5 Å². The van der Waals surface area contributed by atoms with Crippen molar-refractivity contribution in [3.8, 4) is 0 Å². The van der Waals surface area contributed by atoms with Gasteiger partial charge in [-0.3, -0.25) is 0 Å². The number of hydrogen-bond donors (Lipinski definition) is 2. The summed E-state index contributed by atoms with van der Waals surface area (Å²) in [5.41, 5.74) is 2.10. The lowest BCUT2D eigenvalue weighted by molar-refractivity contribution is 0.131. The van der Waals surface area contributed by atoms with Crippen LogP contribution in [-0.4, -0.2) is 17.8 Å². The van der Waals surface area contributed by atoms with Crippen LogP contribution in [0.4, 0.5) is 4.39 Å². The van der Waals surface area contributed by atoms with Gasteiger partial charge in [-0.05, 0) is 48.9 Å². The monoisotopic (exact) mass is 237 g/mol. The van der Waals surface area contributed by atoms with Crippen molar-refractivity contribution in [2.24, 2.45) is 5.92 Å². The van der Waals surface area contributed by atoms with Crippen molar-refractivity contribution in [1.29, 1.82) is 0 Å². The van der Waals surface area contributed by atoms with Crippen LogP contribution < -0.4 is 5.32 Å². The van der Waals surface area contributed by atoms with Crippen LogP contribution in [0.25, 0.3) is 0 Å². The van der Waals surface area contributed by atoms with Crippen LogP contribution in [0.3, 0.4) is 0 Å². The maximum Gasteiger partial charge on any atom is 0.123 e. The molecule has 2 N–H and O–H groups in total. The van der Waals surface area contributed by atoms with Gasteiger partial charge in [-0.1, -0.05) is 12.5 Å². The Hall–Kier alpha value is -0.930. The molecule has 1 aromatic rings. The summed E-state index contributed by atoms with van der Waals surface area (Å²) in [4.78, 5) is 0. The highest BCUT2D eigenvalue weighted by molar-refractivity contribution is 5.26. The van der Waals surface area contributed by atoms with Gasteiger partial charge in [-0.2, -0.15) is 0 Å². The second-order valence-electron chi connectivity index (χ2n) is 4.96. The highest BCUT2D eigenvalue weighted by Crippen LogP contribution is 2.24. The molecule has 0 spiro atoms. The van der Waals surface area contributed by atoms with Gasteiger partial charge in [0.2, 0.25) is 0 Å². The Morgan fingerprint density at radius 1 is 1.41 bits per heavy atom. The number of aliphatic hydroxyl groups is 1. The van der Waals surface area contributed by atoms with E-state index in [4.69, 9.17) is 0 Å². The second kappa shape index (κ2) is 5.61. The Bertz CT molecular complexity index is 380. The quantitative estimate of drug-likeness (QED) is 0.842. The Labute approximate surface area is 102 Å². The maximum atomic E-state index is 12.9. The molecule has 0 aromatic heterocycles. The first-order valence-electron chi connectivity index (χ1n) is 6.30. The predicted octanol–water partition coefficient (Wildman–Crippen LogP) is 2.38. The summed E-state index contributed by atoms with van der Waals surface area (Å²) < 4.78 is 12.9. The number of hydrogen-bond acceptors (Lipinski definition) is 2. The van der Waals surface area contributed by atoms with E-state index in [0.29, 0.717) is 5.92 Å². The van der Waals surface area contributed by atoms with E-state index >= 15 is 0 Å². The predicted molar refractivity (Wildman–Crippen MR) is 66.2 cm³/mol. The van der Waals surface area contributed by atoms with Crippen molar-refractivity contribution in [2.45, 2.75) is 38.8 Å². The third-order valence-electron chi connectivity index (χ3n) is 3.65. The van der Waals surface area contributed by atoms with E-state index in [1.54, 1.807) is 6.07 Å². The molecule has 3 heteroatoms. The summed E-state index contributed by atoms with van der Waals surface area (Å²) in [5, 5.41) is 13.0. The van der Waals surface area contributed by atoms with Crippen molar-refractivity contribution in [3.05, 3.63) is 35.1 Å². The summed E-state index contributed by atoms with van der Waals surface area (Å²) in [7, 11) is 0. The standard InChI is InChI=1S/C14H20FNO/c1-10-7-13(15)6-5-11(10)8-16-9-12-3-2-4-14(12)17/h5-7,12,14,16-17H,2-4,8-9H2,1H3. The van der Waals surface area contributed by atoms with Gasteiger partial charge in [-0.15, -0.1) is 0 Å². The van der Waals surface area contributed by atoms with Gasteiger partial charge in [0.1, 0.15) is 5.82 Å². The first kappa shape index (κ1) is 12.5. The van der Waals surface area contributed by atoms with Crippen LogP contribution in [0.5, 0.6) is 0 Å². The van der Waals surface area contributed by atoms with Gasteiger partial charge in [0.25, 0.3) is 0 Å². The van der Waals surface area contributed by atoms with Crippen LogP contribution in [0.15, 0.2) is 18.2 Å². The van der Waals surface area contributed by atoms with Gasteiger partial charge in [0, 0.05) is 13.1 Å². The molecule has 17 heavy (non-hydrogen) atoms. The third kappa shape index (κ3) is 3.27. The number of nitrogens with one attached hydrogen (secondary N) is 1. The zero-order chi connectivity index (χ0) is 12.3. The first-order valence-corrected chi connectivity index (χ1v) is 6.30. The normalized spacial score (nSPS) is 24.2. The largest absolute Gasteiger partial charge is 0.393 e. The Morgan fingerprint density at radius 2 is 2.24 bits per heavy atom. The first-order chi connectivity index (χ1) is 8.16. The lowest BCUT2D eigenvalue weighted by Crippen LogP contribution is -2.27. The summed E-state index contributed by atoms with van der Waals surface area (Å²) in [6.45, 7) is 3.51. The minimum atomic E-state index is -0.183. The van der Waals surface area contributed by atoms with Crippen molar-refractivity contribution in [1.82, 2.24) is 5.32 Å². The maximum absolute atomic E-state index is 12.9. The fourth-order valence-corrected chi connectivity index (χ4v) is 2.51. The highest BCUT2D eigenvalue weighted by atomic mass is 19.1. The van der Waals surface area contributed by atoms with Gasteiger partial charge < -0.3 is 10.4 Å². The van der Waals surface area contributed by atoms with Gasteiger partial charge >= 0.3 is 0 Å². The minimum absolute atomic E-state index is 0.142. The van der Waals surface area contributed by atoms with E-state index < -0.39 is 0 Å². The van der Waals surface area contributed by atoms with Gasteiger partial charge in [0.15, 0.2) is 0 Å². The van der Waals surface area contributed by atoms with Crippen molar-refractivity contribution < 1.29 is 9.50 Å². The molecule has 2 rings (SSSR count). The zero-order valence-electron chi connectivity index (χ0n) is 10.2. The van der Waals surface area contributed by atoms with E-state index in [2.05, 4.69) is 5.32 Å². The molecule has 0 radical (unpaired) electrons. The molecule has 1 saturated carbocycles. The zero-order valence-corrected chi connectivity index (χ0v) is 10.2. The lowest BCUT2D eigenvalue weighted by atomic mass is 10.1. The smallest absolute Gasteiger partial charge is 0.123 e. The number of rotatable bonds is 4. The highest BCUT2D eigenvalue weighted by Gasteiger charge is 2.24. The molecule has 1 aliphatic rings. The molecular weight excluding hydrogens is 217 g/mol. The molecule has 0 bridgehead atoms. The Morgan fingerprint density at radius 3 is 2.88 bits per heavy atom. The molecule has 94 valence electrons. The van der Waals surface area contributed by atoms with E-state index in [1.807, 2.05) is 13.0 Å². The second-order valence-corrected chi connectivity index (χ2v) is 4.96. The summed E-state index contributed by atoms with van der Waals surface area (Å²) in [6, 6.07) is 4.87. The lowest BCUT2D eigenvalue weighted by Gasteiger charge is -2.15. The van der Waals surface area contributed by atoms with Crippen molar-refractivity contribution >= 4 is 0 Å². The Kier molecular flexibility index (Phi) is 4.13. The summed E-state index contributed by atoms with van der Waals surface area (Å²) >= 11 is 0. The average Bonchev–Trinajstić information content (AvgIpc) is 2.68. The molecule has 0 saturated heterocycles. The van der Waals surface area contributed by atoms with Crippen molar-refractivity contribution in [2.75, 3.05) is 6.54 Å².